The molecule has 2 aromatic carbocycles. The average Bonchev–Trinajstić information content (AvgIpc) is 3.04. The van der Waals surface area contributed by atoms with Gasteiger partial charge in [-0.05, 0) is 36.6 Å². The van der Waals surface area contributed by atoms with Crippen molar-refractivity contribution in [1.82, 2.24) is 9.80 Å². The van der Waals surface area contributed by atoms with Gasteiger partial charge < -0.3 is 14.4 Å². The van der Waals surface area contributed by atoms with Crippen LogP contribution in [-0.4, -0.2) is 67.1 Å². The number of carbonyl (C=O) groups excluding carboxylic acids is 1. The molecule has 0 aliphatic carbocycles. The molecule has 1 heterocycles. The molecule has 31 heavy (non-hydrogen) atoms. The Morgan fingerprint density at radius 2 is 1.84 bits per heavy atom. The van der Waals surface area contributed by atoms with Crippen molar-refractivity contribution in [3.63, 3.8) is 0 Å². The number of amides is 1. The van der Waals surface area contributed by atoms with E-state index < -0.39 is 4.92 Å². The molecular formula is C23H29N3O5. The van der Waals surface area contributed by atoms with Crippen molar-refractivity contribution in [3.8, 4) is 11.5 Å². The zero-order chi connectivity index (χ0) is 22.1. The highest BCUT2D eigenvalue weighted by atomic mass is 16.6. The molecule has 8 heteroatoms. The van der Waals surface area contributed by atoms with E-state index in [0.717, 1.165) is 37.4 Å². The van der Waals surface area contributed by atoms with Gasteiger partial charge in [-0.25, -0.2) is 0 Å². The zero-order valence-corrected chi connectivity index (χ0v) is 17.9. The Morgan fingerprint density at radius 1 is 1.06 bits per heavy atom. The van der Waals surface area contributed by atoms with E-state index in [1.807, 2.05) is 29.2 Å². The van der Waals surface area contributed by atoms with E-state index >= 15 is 0 Å². The van der Waals surface area contributed by atoms with E-state index in [1.54, 1.807) is 25.3 Å². The van der Waals surface area contributed by atoms with Gasteiger partial charge in [0.05, 0.1) is 12.0 Å². The molecule has 0 unspecified atom stereocenters. The molecule has 3 rings (SSSR count). The Bertz CT molecular complexity index is 872. The summed E-state index contributed by atoms with van der Waals surface area (Å²) in [5.74, 6) is 1.28. The van der Waals surface area contributed by atoms with Crippen LogP contribution in [0.3, 0.4) is 0 Å². The summed E-state index contributed by atoms with van der Waals surface area (Å²) >= 11 is 0. The lowest BCUT2D eigenvalue weighted by atomic mass is 10.1. The minimum absolute atomic E-state index is 0.0213. The summed E-state index contributed by atoms with van der Waals surface area (Å²) in [6.45, 7) is 4.13. The summed E-state index contributed by atoms with van der Waals surface area (Å²) < 4.78 is 10.8. The van der Waals surface area contributed by atoms with Gasteiger partial charge in [0.1, 0.15) is 12.4 Å². The fraction of sp³-hybridized carbons (Fsp3) is 0.435. The second kappa shape index (κ2) is 11.3. The van der Waals surface area contributed by atoms with E-state index in [4.69, 9.17) is 9.47 Å². The zero-order valence-electron chi connectivity index (χ0n) is 17.9. The Morgan fingerprint density at radius 3 is 2.58 bits per heavy atom. The van der Waals surface area contributed by atoms with Crippen LogP contribution in [0.15, 0.2) is 48.5 Å². The summed E-state index contributed by atoms with van der Waals surface area (Å²) in [5.41, 5.74) is 1.10. The largest absolute Gasteiger partial charge is 0.497 e. The Kier molecular flexibility index (Phi) is 8.23. The summed E-state index contributed by atoms with van der Waals surface area (Å²) in [4.78, 5) is 27.5. The third kappa shape index (κ3) is 6.68. The topological polar surface area (TPSA) is 85.2 Å². The quantitative estimate of drug-likeness (QED) is 0.451. The van der Waals surface area contributed by atoms with Crippen LogP contribution in [-0.2, 0) is 11.2 Å². The van der Waals surface area contributed by atoms with Gasteiger partial charge in [-0.15, -0.1) is 0 Å². The van der Waals surface area contributed by atoms with Crippen molar-refractivity contribution in [2.45, 2.75) is 19.3 Å². The summed E-state index contributed by atoms with van der Waals surface area (Å²) in [5, 5.41) is 11.1. The van der Waals surface area contributed by atoms with E-state index in [1.165, 1.54) is 6.07 Å². The lowest BCUT2D eigenvalue weighted by Crippen LogP contribution is -2.36. The molecule has 1 aliphatic rings. The van der Waals surface area contributed by atoms with Crippen LogP contribution in [0.4, 0.5) is 5.69 Å². The van der Waals surface area contributed by atoms with Gasteiger partial charge in [-0.3, -0.25) is 19.8 Å². The molecule has 0 saturated carbocycles. The number of hydrogen-bond acceptors (Lipinski definition) is 6. The molecule has 0 bridgehead atoms. The number of aryl methyl sites for hydroxylation is 1. The van der Waals surface area contributed by atoms with Crippen molar-refractivity contribution in [2.75, 3.05) is 46.4 Å². The molecule has 2 aromatic rings. The predicted molar refractivity (Wildman–Crippen MR) is 118 cm³/mol. The number of benzene rings is 2. The number of carbonyl (C=O) groups is 1. The SMILES string of the molecule is COc1ccc(CCC(=O)N2CCCN(CCOc3ccccc3[N+](=O)[O-])CC2)cc1. The first-order chi connectivity index (χ1) is 15.1. The number of rotatable bonds is 9. The van der Waals surface area contributed by atoms with Crippen LogP contribution >= 0.6 is 0 Å². The maximum Gasteiger partial charge on any atom is 0.310 e. The van der Waals surface area contributed by atoms with Crippen LogP contribution < -0.4 is 9.47 Å². The van der Waals surface area contributed by atoms with Crippen molar-refractivity contribution >= 4 is 11.6 Å². The number of para-hydroxylation sites is 2. The second-order valence-corrected chi connectivity index (χ2v) is 7.50. The average molecular weight is 428 g/mol. The fourth-order valence-corrected chi connectivity index (χ4v) is 3.66. The summed E-state index contributed by atoms with van der Waals surface area (Å²) in [6.07, 6.45) is 2.11. The van der Waals surface area contributed by atoms with Crippen LogP contribution in [0.25, 0.3) is 0 Å². The minimum Gasteiger partial charge on any atom is -0.497 e. The molecule has 8 nitrogen and oxygen atoms in total. The minimum atomic E-state index is -0.434. The van der Waals surface area contributed by atoms with E-state index in [-0.39, 0.29) is 17.3 Å². The van der Waals surface area contributed by atoms with E-state index in [2.05, 4.69) is 4.90 Å². The van der Waals surface area contributed by atoms with Gasteiger partial charge in [0.25, 0.3) is 0 Å². The van der Waals surface area contributed by atoms with Gasteiger partial charge in [0.15, 0.2) is 5.75 Å². The highest BCUT2D eigenvalue weighted by molar-refractivity contribution is 5.76. The number of nitro benzene ring substituents is 1. The molecule has 1 amide bonds. The lowest BCUT2D eigenvalue weighted by molar-refractivity contribution is -0.385. The van der Waals surface area contributed by atoms with E-state index in [0.29, 0.717) is 32.5 Å². The van der Waals surface area contributed by atoms with Gasteiger partial charge in [0.2, 0.25) is 5.91 Å². The van der Waals surface area contributed by atoms with Crippen LogP contribution in [0.2, 0.25) is 0 Å². The molecular weight excluding hydrogens is 398 g/mol. The normalized spacial score (nSPS) is 14.7. The molecule has 1 saturated heterocycles. The smallest absolute Gasteiger partial charge is 0.310 e. The number of hydrogen-bond donors (Lipinski definition) is 0. The Balaban J connectivity index is 1.41. The molecule has 0 aromatic heterocycles. The number of nitrogens with zero attached hydrogens (tertiary/aromatic N) is 3. The number of nitro groups is 1. The van der Waals surface area contributed by atoms with Crippen molar-refractivity contribution in [1.29, 1.82) is 0 Å². The first-order valence-corrected chi connectivity index (χ1v) is 10.6. The highest BCUT2D eigenvalue weighted by Gasteiger charge is 2.19. The maximum absolute atomic E-state index is 12.6. The third-order valence-corrected chi connectivity index (χ3v) is 5.45. The maximum atomic E-state index is 12.6. The molecule has 1 fully saturated rings. The van der Waals surface area contributed by atoms with Gasteiger partial charge in [0, 0.05) is 45.2 Å². The Labute approximate surface area is 182 Å². The molecule has 0 spiro atoms. The lowest BCUT2D eigenvalue weighted by Gasteiger charge is -2.22. The van der Waals surface area contributed by atoms with Crippen molar-refractivity contribution < 1.29 is 19.2 Å². The standard InChI is InChI=1S/C23H29N3O5/c1-30-20-10-7-19(8-11-20)9-12-23(27)25-14-4-13-24(15-16-25)17-18-31-22-6-3-2-5-21(22)26(28)29/h2-3,5-8,10-11H,4,9,12-18H2,1H3. The first-order valence-electron chi connectivity index (χ1n) is 10.6. The monoisotopic (exact) mass is 427 g/mol. The highest BCUT2D eigenvalue weighted by Crippen LogP contribution is 2.25. The molecule has 1 aliphatic heterocycles. The molecule has 0 atom stereocenters. The second-order valence-electron chi connectivity index (χ2n) is 7.50. The van der Waals surface area contributed by atoms with Crippen molar-refractivity contribution in [3.05, 3.63) is 64.2 Å². The molecule has 166 valence electrons. The summed E-state index contributed by atoms with van der Waals surface area (Å²) in [7, 11) is 1.64. The van der Waals surface area contributed by atoms with E-state index in [9.17, 15) is 14.9 Å². The Hall–Kier alpha value is -3.13. The number of ether oxygens (including phenoxy) is 2. The van der Waals surface area contributed by atoms with Crippen molar-refractivity contribution in [2.24, 2.45) is 0 Å². The first kappa shape index (κ1) is 22.6. The van der Waals surface area contributed by atoms with Gasteiger partial charge in [-0.1, -0.05) is 24.3 Å². The van der Waals surface area contributed by atoms with Gasteiger partial charge >= 0.3 is 5.69 Å². The third-order valence-electron chi connectivity index (χ3n) is 5.45. The van der Waals surface area contributed by atoms with Gasteiger partial charge in [-0.2, -0.15) is 0 Å². The number of methoxy groups -OCH3 is 1. The molecule has 0 radical (unpaired) electrons. The fourth-order valence-electron chi connectivity index (χ4n) is 3.66. The van der Waals surface area contributed by atoms with Crippen LogP contribution in [0.1, 0.15) is 18.4 Å². The van der Waals surface area contributed by atoms with Crippen LogP contribution in [0, 0.1) is 10.1 Å². The van der Waals surface area contributed by atoms with Crippen LogP contribution in [0.5, 0.6) is 11.5 Å². The summed E-state index contributed by atoms with van der Waals surface area (Å²) in [6, 6.07) is 14.2. The predicted octanol–water partition coefficient (Wildman–Crippen LogP) is 3.15. The molecule has 0 N–H and O–H groups in total.